The van der Waals surface area contributed by atoms with Gasteiger partial charge in [0.2, 0.25) is 5.91 Å². The second-order valence-electron chi connectivity index (χ2n) is 8.43. The quantitative estimate of drug-likeness (QED) is 0.551. The van der Waals surface area contributed by atoms with Crippen molar-refractivity contribution in [1.82, 2.24) is 15.5 Å². The van der Waals surface area contributed by atoms with Gasteiger partial charge in [-0.2, -0.15) is 0 Å². The number of piperidine rings is 1. The fourth-order valence-electron chi connectivity index (χ4n) is 4.27. The smallest absolute Gasteiger partial charge is 0.251 e. The van der Waals surface area contributed by atoms with Gasteiger partial charge in [0.05, 0.1) is 18.8 Å². The second kappa shape index (κ2) is 12.1. The Kier molecular flexibility index (Phi) is 9.24. The van der Waals surface area contributed by atoms with Gasteiger partial charge in [-0.3, -0.25) is 9.59 Å². The van der Waals surface area contributed by atoms with E-state index in [0.717, 1.165) is 26.1 Å². The molecule has 2 heterocycles. The number of amides is 2. The van der Waals surface area contributed by atoms with Crippen LogP contribution in [0.2, 0.25) is 0 Å². The Balaban J connectivity index is 1.35. The summed E-state index contributed by atoms with van der Waals surface area (Å²) in [5.74, 6) is -0.650. The van der Waals surface area contributed by atoms with Gasteiger partial charge in [-0.15, -0.1) is 0 Å². The zero-order valence-electron chi connectivity index (χ0n) is 18.0. The molecule has 2 aliphatic heterocycles. The Bertz CT molecular complexity index is 709. The number of carbonyl (C=O) groups excluding carboxylic acids is 2. The average Bonchev–Trinajstić information content (AvgIpc) is 2.79. The Labute approximate surface area is 183 Å². The number of carbonyl (C=O) groups is 2. The van der Waals surface area contributed by atoms with Crippen LogP contribution < -0.4 is 10.6 Å². The van der Waals surface area contributed by atoms with Gasteiger partial charge in [-0.05, 0) is 69.5 Å². The van der Waals surface area contributed by atoms with E-state index in [1.54, 1.807) is 0 Å². The molecule has 2 saturated heterocycles. The molecule has 0 spiro atoms. The number of hydrogen-bond donors (Lipinski definition) is 3. The monoisotopic (exact) mass is 435 g/mol. The molecule has 2 aliphatic rings. The maximum Gasteiger partial charge on any atom is 0.251 e. The van der Waals surface area contributed by atoms with Crippen LogP contribution in [0.15, 0.2) is 24.3 Å². The standard InChI is InChI=1S/C23H34FN3O4/c24-18-6-4-17(5-7-18)23(30)26-20-9-8-19(31-21(20)16-28)10-12-25-22(29)11-15-27-13-2-1-3-14-27/h4-7,19-21,28H,1-3,8-16H2,(H,25,29)(H,26,30)/t19-,20+,21-/m1/s1. The lowest BCUT2D eigenvalue weighted by Crippen LogP contribution is -2.51. The maximum absolute atomic E-state index is 13.0. The molecule has 3 rings (SSSR count). The fraction of sp³-hybridized carbons (Fsp3) is 0.652. The lowest BCUT2D eigenvalue weighted by atomic mass is 9.96. The van der Waals surface area contributed by atoms with Crippen LogP contribution in [0.3, 0.4) is 0 Å². The van der Waals surface area contributed by atoms with E-state index < -0.39 is 11.9 Å². The highest BCUT2D eigenvalue weighted by molar-refractivity contribution is 5.94. The number of hydrogen-bond acceptors (Lipinski definition) is 5. The number of nitrogens with zero attached hydrogens (tertiary/aromatic N) is 1. The van der Waals surface area contributed by atoms with E-state index >= 15 is 0 Å². The molecule has 3 atom stereocenters. The van der Waals surface area contributed by atoms with Crippen LogP contribution in [-0.2, 0) is 9.53 Å². The van der Waals surface area contributed by atoms with Crippen molar-refractivity contribution < 1.29 is 23.8 Å². The molecule has 0 aromatic heterocycles. The van der Waals surface area contributed by atoms with E-state index in [0.29, 0.717) is 31.4 Å². The lowest BCUT2D eigenvalue weighted by molar-refractivity contribution is -0.122. The van der Waals surface area contributed by atoms with Crippen molar-refractivity contribution in [3.63, 3.8) is 0 Å². The Morgan fingerprint density at radius 2 is 1.87 bits per heavy atom. The van der Waals surface area contributed by atoms with Gasteiger partial charge >= 0.3 is 0 Å². The first-order chi connectivity index (χ1) is 15.0. The molecule has 0 bridgehead atoms. The fourth-order valence-corrected chi connectivity index (χ4v) is 4.27. The number of rotatable bonds is 9. The van der Waals surface area contributed by atoms with Crippen molar-refractivity contribution in [3.8, 4) is 0 Å². The highest BCUT2D eigenvalue weighted by Crippen LogP contribution is 2.22. The zero-order chi connectivity index (χ0) is 22.1. The van der Waals surface area contributed by atoms with Gasteiger partial charge in [-0.25, -0.2) is 4.39 Å². The highest BCUT2D eigenvalue weighted by Gasteiger charge is 2.32. The summed E-state index contributed by atoms with van der Waals surface area (Å²) in [7, 11) is 0. The number of aliphatic hydroxyl groups is 1. The predicted octanol–water partition coefficient (Wildman–Crippen LogP) is 1.85. The minimum Gasteiger partial charge on any atom is -0.394 e. The third kappa shape index (κ3) is 7.55. The van der Waals surface area contributed by atoms with E-state index in [1.165, 1.54) is 43.5 Å². The molecule has 0 radical (unpaired) electrons. The van der Waals surface area contributed by atoms with Gasteiger partial charge < -0.3 is 25.4 Å². The van der Waals surface area contributed by atoms with E-state index in [9.17, 15) is 19.1 Å². The van der Waals surface area contributed by atoms with Crippen molar-refractivity contribution in [2.45, 2.75) is 63.2 Å². The first-order valence-electron chi connectivity index (χ1n) is 11.4. The van der Waals surface area contributed by atoms with Crippen LogP contribution in [0.4, 0.5) is 4.39 Å². The molecule has 172 valence electrons. The molecular formula is C23H34FN3O4. The van der Waals surface area contributed by atoms with Crippen molar-refractivity contribution in [2.75, 3.05) is 32.8 Å². The summed E-state index contributed by atoms with van der Waals surface area (Å²) in [5, 5.41) is 15.5. The van der Waals surface area contributed by atoms with Crippen LogP contribution in [0.5, 0.6) is 0 Å². The number of aliphatic hydroxyl groups excluding tert-OH is 1. The Morgan fingerprint density at radius 3 is 2.58 bits per heavy atom. The van der Waals surface area contributed by atoms with Crippen LogP contribution in [0.25, 0.3) is 0 Å². The first-order valence-corrected chi connectivity index (χ1v) is 11.4. The third-order valence-corrected chi connectivity index (χ3v) is 6.11. The summed E-state index contributed by atoms with van der Waals surface area (Å²) < 4.78 is 19.0. The third-order valence-electron chi connectivity index (χ3n) is 6.11. The van der Waals surface area contributed by atoms with E-state index in [1.807, 2.05) is 0 Å². The molecule has 7 nitrogen and oxygen atoms in total. The summed E-state index contributed by atoms with van der Waals surface area (Å²) in [6.07, 6.45) is 5.75. The SMILES string of the molecule is O=C(CCN1CCCCC1)NCC[C@H]1CC[C@H](NC(=O)c2ccc(F)cc2)[C@@H](CO)O1. The topological polar surface area (TPSA) is 90.9 Å². The molecule has 31 heavy (non-hydrogen) atoms. The summed E-state index contributed by atoms with van der Waals surface area (Å²) >= 11 is 0. The van der Waals surface area contributed by atoms with Crippen LogP contribution in [0.1, 0.15) is 55.3 Å². The molecule has 2 amide bonds. The van der Waals surface area contributed by atoms with Crippen molar-refractivity contribution >= 4 is 11.8 Å². The largest absolute Gasteiger partial charge is 0.394 e. The minimum absolute atomic E-state index is 0.0597. The lowest BCUT2D eigenvalue weighted by Gasteiger charge is -2.36. The van der Waals surface area contributed by atoms with Crippen molar-refractivity contribution in [2.24, 2.45) is 0 Å². The molecule has 0 saturated carbocycles. The maximum atomic E-state index is 13.0. The number of halogens is 1. The molecule has 1 aromatic carbocycles. The highest BCUT2D eigenvalue weighted by atomic mass is 19.1. The number of nitrogens with one attached hydrogen (secondary N) is 2. The van der Waals surface area contributed by atoms with E-state index in [-0.39, 0.29) is 30.6 Å². The first kappa shape index (κ1) is 23.6. The van der Waals surface area contributed by atoms with Crippen LogP contribution >= 0.6 is 0 Å². The Hall–Kier alpha value is -2.03. The normalized spacial score (nSPS) is 24.5. The zero-order valence-corrected chi connectivity index (χ0v) is 18.0. The van der Waals surface area contributed by atoms with Gasteiger partial charge in [0.25, 0.3) is 5.91 Å². The minimum atomic E-state index is -0.502. The summed E-state index contributed by atoms with van der Waals surface area (Å²) in [6.45, 7) is 3.32. The Morgan fingerprint density at radius 1 is 1.13 bits per heavy atom. The number of ether oxygens (including phenoxy) is 1. The molecular weight excluding hydrogens is 401 g/mol. The van der Waals surface area contributed by atoms with Gasteiger partial charge in [0, 0.05) is 25.1 Å². The number of likely N-dealkylation sites (tertiary alicyclic amines) is 1. The van der Waals surface area contributed by atoms with E-state index in [4.69, 9.17) is 4.74 Å². The summed E-state index contributed by atoms with van der Waals surface area (Å²) in [6, 6.07) is 5.04. The summed E-state index contributed by atoms with van der Waals surface area (Å²) in [4.78, 5) is 26.8. The average molecular weight is 436 g/mol. The number of benzene rings is 1. The van der Waals surface area contributed by atoms with Crippen molar-refractivity contribution in [1.29, 1.82) is 0 Å². The van der Waals surface area contributed by atoms with Crippen LogP contribution in [0, 0.1) is 5.82 Å². The van der Waals surface area contributed by atoms with E-state index in [2.05, 4.69) is 15.5 Å². The van der Waals surface area contributed by atoms with Gasteiger partial charge in [-0.1, -0.05) is 6.42 Å². The van der Waals surface area contributed by atoms with Crippen LogP contribution in [-0.4, -0.2) is 72.9 Å². The van der Waals surface area contributed by atoms with Crippen molar-refractivity contribution in [3.05, 3.63) is 35.6 Å². The molecule has 3 N–H and O–H groups in total. The molecule has 0 aliphatic carbocycles. The second-order valence-corrected chi connectivity index (χ2v) is 8.43. The molecule has 2 fully saturated rings. The predicted molar refractivity (Wildman–Crippen MR) is 115 cm³/mol. The molecule has 0 unspecified atom stereocenters. The van der Waals surface area contributed by atoms with Gasteiger partial charge in [0.1, 0.15) is 11.9 Å². The summed E-state index contributed by atoms with van der Waals surface area (Å²) in [5.41, 5.74) is 0.368. The molecule has 8 heteroatoms. The van der Waals surface area contributed by atoms with Gasteiger partial charge in [0.15, 0.2) is 0 Å². The molecule has 1 aromatic rings.